The van der Waals surface area contributed by atoms with E-state index >= 15 is 0 Å². The summed E-state index contributed by atoms with van der Waals surface area (Å²) < 4.78 is 0. The van der Waals surface area contributed by atoms with Crippen LogP contribution in [0.2, 0.25) is 0 Å². The fourth-order valence-electron chi connectivity index (χ4n) is 2.93. The minimum atomic E-state index is -0.726. The normalized spacial score (nSPS) is 26.0. The molecule has 0 spiro atoms. The van der Waals surface area contributed by atoms with Gasteiger partial charge >= 0.3 is 5.97 Å². The molecule has 0 unspecified atom stereocenters. The molecule has 2 aliphatic heterocycles. The second-order valence-electron chi connectivity index (χ2n) is 5.41. The van der Waals surface area contributed by atoms with Crippen LogP contribution in [0, 0.1) is 11.8 Å². The molecule has 5 nitrogen and oxygen atoms in total. The van der Waals surface area contributed by atoms with Gasteiger partial charge in [0.05, 0.1) is 5.92 Å². The van der Waals surface area contributed by atoms with Crippen LogP contribution in [-0.4, -0.2) is 48.1 Å². The lowest BCUT2D eigenvalue weighted by Gasteiger charge is -2.35. The molecule has 2 saturated heterocycles. The quantitative estimate of drug-likeness (QED) is 0.778. The predicted molar refractivity (Wildman–Crippen MR) is 67.2 cm³/mol. The maximum absolute atomic E-state index is 12.3. The summed E-state index contributed by atoms with van der Waals surface area (Å²) in [5.41, 5.74) is 0. The Hall–Kier alpha value is -1.10. The largest absolute Gasteiger partial charge is 0.481 e. The van der Waals surface area contributed by atoms with Crippen molar-refractivity contribution in [3.05, 3.63) is 0 Å². The number of hydrogen-bond donors (Lipinski definition) is 2. The SMILES string of the molecule is O=C(O)CC1CCN(C(=O)[C@H]2CCCNC2)CC1. The van der Waals surface area contributed by atoms with Gasteiger partial charge in [0.15, 0.2) is 0 Å². The molecule has 5 heteroatoms. The molecule has 18 heavy (non-hydrogen) atoms. The van der Waals surface area contributed by atoms with Crippen molar-refractivity contribution >= 4 is 11.9 Å². The minimum absolute atomic E-state index is 0.134. The molecule has 0 bridgehead atoms. The van der Waals surface area contributed by atoms with E-state index in [-0.39, 0.29) is 24.2 Å². The average Bonchev–Trinajstić information content (AvgIpc) is 2.39. The zero-order valence-corrected chi connectivity index (χ0v) is 10.7. The van der Waals surface area contributed by atoms with E-state index in [0.717, 1.165) is 51.9 Å². The number of amides is 1. The lowest BCUT2D eigenvalue weighted by molar-refractivity contribution is -0.139. The van der Waals surface area contributed by atoms with Gasteiger partial charge in [-0.15, -0.1) is 0 Å². The monoisotopic (exact) mass is 254 g/mol. The van der Waals surface area contributed by atoms with Crippen LogP contribution in [0.15, 0.2) is 0 Å². The number of carboxylic acids is 1. The van der Waals surface area contributed by atoms with E-state index in [1.165, 1.54) is 0 Å². The van der Waals surface area contributed by atoms with Gasteiger partial charge in [-0.2, -0.15) is 0 Å². The molecule has 0 saturated carbocycles. The highest BCUT2D eigenvalue weighted by Crippen LogP contribution is 2.23. The van der Waals surface area contributed by atoms with Crippen molar-refractivity contribution in [2.24, 2.45) is 11.8 Å². The lowest BCUT2D eigenvalue weighted by atomic mass is 9.91. The zero-order chi connectivity index (χ0) is 13.0. The molecule has 1 atom stereocenters. The van der Waals surface area contributed by atoms with Gasteiger partial charge in [0.1, 0.15) is 0 Å². The summed E-state index contributed by atoms with van der Waals surface area (Å²) in [7, 11) is 0. The lowest BCUT2D eigenvalue weighted by Crippen LogP contribution is -2.46. The Bertz CT molecular complexity index is 305. The van der Waals surface area contributed by atoms with E-state index < -0.39 is 5.97 Å². The Balaban J connectivity index is 1.78. The first-order valence-electron chi connectivity index (χ1n) is 6.88. The Kier molecular flexibility index (Phi) is 4.58. The Morgan fingerprint density at radius 1 is 1.22 bits per heavy atom. The third-order valence-corrected chi connectivity index (χ3v) is 4.04. The maximum atomic E-state index is 12.3. The third kappa shape index (κ3) is 3.45. The molecule has 0 radical (unpaired) electrons. The van der Waals surface area contributed by atoms with Crippen molar-refractivity contribution in [2.45, 2.75) is 32.1 Å². The van der Waals surface area contributed by atoms with Gasteiger partial charge in [-0.05, 0) is 38.1 Å². The number of carbonyl (C=O) groups excluding carboxylic acids is 1. The number of hydrogen-bond acceptors (Lipinski definition) is 3. The summed E-state index contributed by atoms with van der Waals surface area (Å²) in [5.74, 6) is -0.0852. The number of nitrogens with one attached hydrogen (secondary N) is 1. The molecule has 0 aromatic carbocycles. The van der Waals surface area contributed by atoms with Gasteiger partial charge in [0.25, 0.3) is 0 Å². The van der Waals surface area contributed by atoms with Crippen molar-refractivity contribution in [3.8, 4) is 0 Å². The Morgan fingerprint density at radius 2 is 1.94 bits per heavy atom. The molecule has 102 valence electrons. The van der Waals surface area contributed by atoms with E-state index in [1.54, 1.807) is 0 Å². The molecule has 2 N–H and O–H groups in total. The summed E-state index contributed by atoms with van der Waals surface area (Å²) in [4.78, 5) is 24.8. The highest BCUT2D eigenvalue weighted by molar-refractivity contribution is 5.79. The van der Waals surface area contributed by atoms with Crippen LogP contribution in [0.4, 0.5) is 0 Å². The summed E-state index contributed by atoms with van der Waals surface area (Å²) in [6.45, 7) is 3.28. The second-order valence-corrected chi connectivity index (χ2v) is 5.41. The van der Waals surface area contributed by atoms with Crippen LogP contribution >= 0.6 is 0 Å². The molecule has 2 aliphatic rings. The van der Waals surface area contributed by atoms with Crippen molar-refractivity contribution in [1.82, 2.24) is 10.2 Å². The Labute approximate surface area is 108 Å². The number of piperidine rings is 2. The Morgan fingerprint density at radius 3 is 2.50 bits per heavy atom. The third-order valence-electron chi connectivity index (χ3n) is 4.04. The standard InChI is InChI=1S/C13H22N2O3/c16-12(17)8-10-3-6-15(7-4-10)13(18)11-2-1-5-14-9-11/h10-11,14H,1-9H2,(H,16,17)/t11-/m0/s1. The van der Waals surface area contributed by atoms with Crippen LogP contribution in [0.25, 0.3) is 0 Å². The van der Waals surface area contributed by atoms with Gasteiger partial charge in [0.2, 0.25) is 5.91 Å². The smallest absolute Gasteiger partial charge is 0.303 e. The number of carboxylic acid groups (broad SMARTS) is 1. The average molecular weight is 254 g/mol. The second kappa shape index (κ2) is 6.18. The van der Waals surface area contributed by atoms with Crippen LogP contribution in [0.3, 0.4) is 0 Å². The number of nitrogens with zero attached hydrogens (tertiary/aromatic N) is 1. The highest BCUT2D eigenvalue weighted by Gasteiger charge is 2.29. The molecule has 0 aliphatic carbocycles. The summed E-state index contributed by atoms with van der Waals surface area (Å²) in [5, 5.41) is 12.0. The van der Waals surface area contributed by atoms with Gasteiger partial charge in [-0.25, -0.2) is 0 Å². The van der Waals surface area contributed by atoms with Gasteiger partial charge in [-0.3, -0.25) is 9.59 Å². The van der Waals surface area contributed by atoms with Crippen LogP contribution in [0.1, 0.15) is 32.1 Å². The van der Waals surface area contributed by atoms with Crippen LogP contribution in [0.5, 0.6) is 0 Å². The molecule has 2 rings (SSSR count). The molecule has 0 aromatic heterocycles. The first-order valence-corrected chi connectivity index (χ1v) is 6.88. The van der Waals surface area contributed by atoms with Crippen molar-refractivity contribution in [3.63, 3.8) is 0 Å². The number of carbonyl (C=O) groups is 2. The van der Waals surface area contributed by atoms with Gasteiger partial charge in [-0.1, -0.05) is 0 Å². The molecule has 1 amide bonds. The van der Waals surface area contributed by atoms with Crippen molar-refractivity contribution in [1.29, 1.82) is 0 Å². The zero-order valence-electron chi connectivity index (χ0n) is 10.7. The first-order chi connectivity index (χ1) is 8.66. The number of rotatable bonds is 3. The molecular formula is C13H22N2O3. The maximum Gasteiger partial charge on any atom is 0.303 e. The van der Waals surface area contributed by atoms with E-state index in [2.05, 4.69) is 5.32 Å². The van der Waals surface area contributed by atoms with Crippen molar-refractivity contribution in [2.75, 3.05) is 26.2 Å². The van der Waals surface area contributed by atoms with Crippen molar-refractivity contribution < 1.29 is 14.7 Å². The number of aliphatic carboxylic acids is 1. The predicted octanol–water partition coefficient (Wildman–Crippen LogP) is 0.699. The summed E-state index contributed by atoms with van der Waals surface area (Å²) in [6.07, 6.45) is 3.97. The van der Waals surface area contributed by atoms with E-state index in [1.807, 2.05) is 4.90 Å². The summed E-state index contributed by atoms with van der Waals surface area (Å²) in [6, 6.07) is 0. The van der Waals surface area contributed by atoms with E-state index in [4.69, 9.17) is 5.11 Å². The topological polar surface area (TPSA) is 69.6 Å². The molecule has 2 fully saturated rings. The fraction of sp³-hybridized carbons (Fsp3) is 0.846. The van der Waals surface area contributed by atoms with Crippen LogP contribution in [-0.2, 0) is 9.59 Å². The van der Waals surface area contributed by atoms with E-state index in [9.17, 15) is 9.59 Å². The summed E-state index contributed by atoms with van der Waals surface area (Å²) >= 11 is 0. The van der Waals surface area contributed by atoms with Gasteiger partial charge < -0.3 is 15.3 Å². The minimum Gasteiger partial charge on any atom is -0.481 e. The molecule has 0 aromatic rings. The van der Waals surface area contributed by atoms with E-state index in [0.29, 0.717) is 0 Å². The van der Waals surface area contributed by atoms with Gasteiger partial charge in [0, 0.05) is 26.1 Å². The molecular weight excluding hydrogens is 232 g/mol. The number of likely N-dealkylation sites (tertiary alicyclic amines) is 1. The highest BCUT2D eigenvalue weighted by atomic mass is 16.4. The molecule has 2 heterocycles. The fourth-order valence-corrected chi connectivity index (χ4v) is 2.93. The van der Waals surface area contributed by atoms with Crippen LogP contribution < -0.4 is 5.32 Å². The first kappa shape index (κ1) is 13.3.